The fraction of sp³-hybridized carbons (Fsp3) is 0.238. The molecule has 4 rings (SSSR count). The molecule has 5 nitrogen and oxygen atoms in total. The van der Waals surface area contributed by atoms with Gasteiger partial charge in [0.05, 0.1) is 25.5 Å². The molecule has 1 aliphatic heterocycles. The Labute approximate surface area is 166 Å². The van der Waals surface area contributed by atoms with Gasteiger partial charge in [0.15, 0.2) is 0 Å². The van der Waals surface area contributed by atoms with E-state index in [1.807, 2.05) is 35.7 Å². The third-order valence-corrected chi connectivity index (χ3v) is 5.38. The number of thiazole rings is 1. The van der Waals surface area contributed by atoms with Gasteiger partial charge in [-0.15, -0.1) is 11.3 Å². The maximum absolute atomic E-state index is 13.5. The van der Waals surface area contributed by atoms with Crippen LogP contribution in [0.5, 0.6) is 0 Å². The van der Waals surface area contributed by atoms with E-state index in [4.69, 9.17) is 4.74 Å². The van der Waals surface area contributed by atoms with E-state index in [9.17, 15) is 9.18 Å². The Bertz CT molecular complexity index is 970. The first-order valence-corrected chi connectivity index (χ1v) is 9.97. The topological polar surface area (TPSA) is 54.5 Å². The van der Waals surface area contributed by atoms with Crippen LogP contribution in [0.1, 0.15) is 0 Å². The van der Waals surface area contributed by atoms with Crippen molar-refractivity contribution in [3.05, 3.63) is 59.7 Å². The van der Waals surface area contributed by atoms with Crippen LogP contribution < -0.4 is 5.32 Å². The molecular formula is C21H20FN3O2S. The molecule has 1 aliphatic rings. The van der Waals surface area contributed by atoms with Crippen LogP contribution in [0.3, 0.4) is 0 Å². The van der Waals surface area contributed by atoms with Gasteiger partial charge in [-0.25, -0.2) is 9.37 Å². The summed E-state index contributed by atoms with van der Waals surface area (Å²) in [7, 11) is 0. The Morgan fingerprint density at radius 1 is 1.14 bits per heavy atom. The van der Waals surface area contributed by atoms with Gasteiger partial charge in [-0.1, -0.05) is 24.3 Å². The fourth-order valence-corrected chi connectivity index (χ4v) is 3.91. The zero-order valence-corrected chi connectivity index (χ0v) is 16.0. The van der Waals surface area contributed by atoms with Gasteiger partial charge in [-0.05, 0) is 24.3 Å². The summed E-state index contributed by atoms with van der Waals surface area (Å²) < 4.78 is 18.8. The summed E-state index contributed by atoms with van der Waals surface area (Å²) in [5.74, 6) is -0.323. The van der Waals surface area contributed by atoms with Crippen LogP contribution in [0.15, 0.2) is 53.9 Å². The number of amides is 1. The lowest BCUT2D eigenvalue weighted by Gasteiger charge is -2.25. The van der Waals surface area contributed by atoms with Gasteiger partial charge in [-0.2, -0.15) is 0 Å². The monoisotopic (exact) mass is 397 g/mol. The number of nitrogens with one attached hydrogen (secondary N) is 1. The normalized spacial score (nSPS) is 14.8. The number of carbonyl (C=O) groups excluding carboxylic acids is 1. The van der Waals surface area contributed by atoms with Crippen molar-refractivity contribution in [2.24, 2.45) is 0 Å². The van der Waals surface area contributed by atoms with E-state index in [1.165, 1.54) is 23.5 Å². The van der Waals surface area contributed by atoms with Crippen molar-refractivity contribution in [3.8, 4) is 21.8 Å². The molecule has 0 saturated carbocycles. The first-order valence-electron chi connectivity index (χ1n) is 9.09. The van der Waals surface area contributed by atoms with Crippen molar-refractivity contribution in [3.63, 3.8) is 0 Å². The van der Waals surface area contributed by atoms with Crippen LogP contribution in [-0.4, -0.2) is 48.6 Å². The summed E-state index contributed by atoms with van der Waals surface area (Å²) in [5, 5.41) is 5.68. The second-order valence-corrected chi connectivity index (χ2v) is 7.42. The average molecular weight is 397 g/mol. The number of halogens is 1. The highest BCUT2D eigenvalue weighted by Crippen LogP contribution is 2.30. The molecule has 0 radical (unpaired) electrons. The van der Waals surface area contributed by atoms with E-state index in [0.717, 1.165) is 40.6 Å². The molecule has 7 heteroatoms. The summed E-state index contributed by atoms with van der Waals surface area (Å²) in [6, 6.07) is 14.0. The van der Waals surface area contributed by atoms with E-state index in [-0.39, 0.29) is 11.7 Å². The van der Waals surface area contributed by atoms with Crippen LogP contribution in [-0.2, 0) is 9.53 Å². The third-order valence-electron chi connectivity index (χ3n) is 4.49. The highest BCUT2D eigenvalue weighted by Gasteiger charge is 2.14. The summed E-state index contributed by atoms with van der Waals surface area (Å²) >= 11 is 1.49. The Hall–Kier alpha value is -2.61. The summed E-state index contributed by atoms with van der Waals surface area (Å²) in [5.41, 5.74) is 3.13. The molecule has 0 aliphatic carbocycles. The Kier molecular flexibility index (Phi) is 5.76. The van der Waals surface area contributed by atoms with Crippen LogP contribution in [0.2, 0.25) is 0 Å². The van der Waals surface area contributed by atoms with Crippen LogP contribution in [0.4, 0.5) is 10.1 Å². The maximum Gasteiger partial charge on any atom is 0.238 e. The van der Waals surface area contributed by atoms with Crippen LogP contribution >= 0.6 is 11.3 Å². The lowest BCUT2D eigenvalue weighted by Crippen LogP contribution is -2.41. The molecule has 1 aromatic heterocycles. The Balaban J connectivity index is 1.46. The number of aromatic nitrogens is 1. The van der Waals surface area contributed by atoms with Crippen LogP contribution in [0.25, 0.3) is 21.8 Å². The van der Waals surface area contributed by atoms with Gasteiger partial charge < -0.3 is 10.1 Å². The molecule has 0 unspecified atom stereocenters. The largest absolute Gasteiger partial charge is 0.379 e. The zero-order valence-electron chi connectivity index (χ0n) is 15.2. The molecule has 0 spiro atoms. The second kappa shape index (κ2) is 8.60. The number of carbonyl (C=O) groups is 1. The van der Waals surface area contributed by atoms with E-state index in [1.54, 1.807) is 6.07 Å². The van der Waals surface area contributed by atoms with Crippen molar-refractivity contribution in [2.75, 3.05) is 38.2 Å². The zero-order chi connectivity index (χ0) is 19.3. The summed E-state index contributed by atoms with van der Waals surface area (Å²) in [6.45, 7) is 3.24. The van der Waals surface area contributed by atoms with Crippen LogP contribution in [0, 0.1) is 5.82 Å². The van der Waals surface area contributed by atoms with Crippen molar-refractivity contribution >= 4 is 22.9 Å². The van der Waals surface area contributed by atoms with Gasteiger partial charge in [0, 0.05) is 35.3 Å². The molecule has 2 aromatic carbocycles. The average Bonchev–Trinajstić information content (AvgIpc) is 3.19. The molecular weight excluding hydrogens is 377 g/mol. The summed E-state index contributed by atoms with van der Waals surface area (Å²) in [4.78, 5) is 19.0. The number of nitrogens with zero attached hydrogens (tertiary/aromatic N) is 2. The van der Waals surface area contributed by atoms with Crippen molar-refractivity contribution in [1.82, 2.24) is 9.88 Å². The lowest BCUT2D eigenvalue weighted by molar-refractivity contribution is -0.118. The number of ether oxygens (including phenoxy) is 1. The highest BCUT2D eigenvalue weighted by atomic mass is 32.1. The maximum atomic E-state index is 13.5. The Morgan fingerprint density at radius 3 is 2.75 bits per heavy atom. The minimum atomic E-state index is -0.281. The number of hydrogen-bond donors (Lipinski definition) is 1. The number of anilines is 1. The van der Waals surface area contributed by atoms with Crippen molar-refractivity contribution in [1.29, 1.82) is 0 Å². The van der Waals surface area contributed by atoms with Gasteiger partial charge in [0.2, 0.25) is 5.91 Å². The summed E-state index contributed by atoms with van der Waals surface area (Å²) in [6.07, 6.45) is 0. The van der Waals surface area contributed by atoms with Gasteiger partial charge in [-0.3, -0.25) is 9.69 Å². The van der Waals surface area contributed by atoms with Gasteiger partial charge in [0.1, 0.15) is 10.8 Å². The molecule has 28 heavy (non-hydrogen) atoms. The smallest absolute Gasteiger partial charge is 0.238 e. The second-order valence-electron chi connectivity index (χ2n) is 6.57. The number of benzene rings is 2. The van der Waals surface area contributed by atoms with E-state index in [2.05, 4.69) is 15.2 Å². The molecule has 2 heterocycles. The molecule has 1 saturated heterocycles. The number of hydrogen-bond acceptors (Lipinski definition) is 5. The number of rotatable bonds is 5. The SMILES string of the molecule is O=C(CN1CCOCC1)Nc1cccc(-c2nc(-c3cccc(F)c3)cs2)c1. The lowest BCUT2D eigenvalue weighted by atomic mass is 10.1. The van der Waals surface area contributed by atoms with Crippen molar-refractivity contribution in [2.45, 2.75) is 0 Å². The van der Waals surface area contributed by atoms with Crippen molar-refractivity contribution < 1.29 is 13.9 Å². The third kappa shape index (κ3) is 4.62. The molecule has 1 fully saturated rings. The predicted molar refractivity (Wildman–Crippen MR) is 109 cm³/mol. The standard InChI is InChI=1S/C21H20FN3O2S/c22-17-5-1-3-15(11-17)19-14-28-21(24-19)16-4-2-6-18(12-16)23-20(26)13-25-7-9-27-10-8-25/h1-6,11-12,14H,7-10,13H2,(H,23,26). The van der Waals surface area contributed by atoms with Gasteiger partial charge in [0.25, 0.3) is 0 Å². The molecule has 0 bridgehead atoms. The quantitative estimate of drug-likeness (QED) is 0.710. The first-order chi connectivity index (χ1) is 13.7. The van der Waals surface area contributed by atoms with E-state index >= 15 is 0 Å². The number of morpholine rings is 1. The Morgan fingerprint density at radius 2 is 1.93 bits per heavy atom. The molecule has 0 atom stereocenters. The highest BCUT2D eigenvalue weighted by molar-refractivity contribution is 7.13. The predicted octanol–water partition coefficient (Wildman–Crippen LogP) is 3.89. The minimum absolute atomic E-state index is 0.0429. The minimum Gasteiger partial charge on any atom is -0.379 e. The molecule has 3 aromatic rings. The first kappa shape index (κ1) is 18.7. The molecule has 1 amide bonds. The molecule has 144 valence electrons. The molecule has 1 N–H and O–H groups in total. The van der Waals surface area contributed by atoms with E-state index in [0.29, 0.717) is 19.8 Å². The van der Waals surface area contributed by atoms with E-state index < -0.39 is 0 Å². The fourth-order valence-electron chi connectivity index (χ4n) is 3.08. The van der Waals surface area contributed by atoms with Gasteiger partial charge >= 0.3 is 0 Å².